The second kappa shape index (κ2) is 13.0. The first-order valence-electron chi connectivity index (χ1n) is 8.25. The van der Waals surface area contributed by atoms with Crippen LogP contribution in [0.4, 0.5) is 0 Å². The summed E-state index contributed by atoms with van der Waals surface area (Å²) in [6.45, 7) is 7.88. The van der Waals surface area contributed by atoms with Crippen molar-refractivity contribution < 1.29 is 27.1 Å². The van der Waals surface area contributed by atoms with E-state index in [2.05, 4.69) is 0 Å². The summed E-state index contributed by atoms with van der Waals surface area (Å²) in [6, 6.07) is 3.31. The Labute approximate surface area is 173 Å². The standard InChI is InChI=1S/C9H14O5P.2C3H6ClO.Sb/c1-3-13-15(11,14-4-2)9(10)8-6-5-7-12-8;2*1-3(4)2-5;/h5-7,9H,3-4H2,1-2H3;2*3H,2H2,1H3;/q3*-1;+3. The molecule has 3 atom stereocenters. The summed E-state index contributed by atoms with van der Waals surface area (Å²) in [5.74, 6) is -0.772. The molecule has 152 valence electrons. The topological polar surface area (TPSA) is 76.4 Å². The van der Waals surface area contributed by atoms with Gasteiger partial charge in [0.2, 0.25) is 0 Å². The molecule has 0 aromatic carbocycles. The third-order valence-electron chi connectivity index (χ3n) is 2.70. The van der Waals surface area contributed by atoms with Crippen LogP contribution in [0, 0.1) is 0 Å². The van der Waals surface area contributed by atoms with Gasteiger partial charge in [0.05, 0.1) is 0 Å². The predicted octanol–water partition coefficient (Wildman–Crippen LogP) is 4.83. The van der Waals surface area contributed by atoms with Gasteiger partial charge in [-0.05, 0) is 0 Å². The maximum absolute atomic E-state index is 13.3. The predicted molar refractivity (Wildman–Crippen MR) is 102 cm³/mol. The average molecular weight is 542 g/mol. The maximum atomic E-state index is 13.3. The Hall–Kier alpha value is 0.708. The summed E-state index contributed by atoms with van der Waals surface area (Å²) in [4.78, 5) is 0. The fraction of sp³-hybridized carbons (Fsp3) is 0.733. The van der Waals surface area contributed by atoms with Crippen molar-refractivity contribution in [2.75, 3.05) is 26.4 Å². The molecule has 0 N–H and O–H groups in total. The van der Waals surface area contributed by atoms with E-state index in [9.17, 15) is 4.57 Å². The van der Waals surface area contributed by atoms with Crippen molar-refractivity contribution in [2.24, 2.45) is 0 Å². The Bertz CT molecular complexity index is 508. The van der Waals surface area contributed by atoms with Crippen molar-refractivity contribution in [1.29, 1.82) is 0 Å². The molecule has 26 heavy (non-hydrogen) atoms. The third-order valence-corrected chi connectivity index (χ3v) is 8.76. The second-order valence-electron chi connectivity index (χ2n) is 5.23. The Balaban J connectivity index is 3.03. The van der Waals surface area contributed by atoms with Crippen LogP contribution < -0.4 is 0 Å². The fourth-order valence-corrected chi connectivity index (χ4v) is 8.83. The van der Waals surface area contributed by atoms with Crippen LogP contribution in [0.5, 0.6) is 0 Å². The van der Waals surface area contributed by atoms with Crippen LogP contribution in [0.15, 0.2) is 22.8 Å². The molecule has 1 heterocycles. The first-order valence-corrected chi connectivity index (χ1v) is 13.9. The van der Waals surface area contributed by atoms with E-state index in [1.807, 2.05) is 0 Å². The first-order chi connectivity index (χ1) is 12.3. The second-order valence-corrected chi connectivity index (χ2v) is 12.1. The van der Waals surface area contributed by atoms with Crippen molar-refractivity contribution in [2.45, 2.75) is 44.3 Å². The molecular weight excluding hydrogens is 516 g/mol. The third kappa shape index (κ3) is 8.81. The molecule has 1 aromatic heterocycles. The van der Waals surface area contributed by atoms with Crippen LogP contribution >= 0.6 is 30.8 Å². The Morgan fingerprint density at radius 3 is 2.04 bits per heavy atom. The molecule has 1 aromatic rings. The van der Waals surface area contributed by atoms with E-state index in [0.717, 1.165) is 0 Å². The normalized spacial score (nSPS) is 16.0. The molecule has 0 aliphatic rings. The number of rotatable bonds is 14. The van der Waals surface area contributed by atoms with E-state index in [-0.39, 0.29) is 37.2 Å². The van der Waals surface area contributed by atoms with E-state index in [1.54, 1.807) is 39.8 Å². The van der Waals surface area contributed by atoms with Crippen LogP contribution in [-0.4, -0.2) is 58.7 Å². The van der Waals surface area contributed by atoms with Gasteiger partial charge in [0.25, 0.3) is 0 Å². The van der Waals surface area contributed by atoms with E-state index >= 15 is 0 Å². The molecule has 0 saturated carbocycles. The molecular formula is C15H26Cl2O7PSb. The van der Waals surface area contributed by atoms with E-state index < -0.39 is 34.9 Å². The Morgan fingerprint density at radius 2 is 1.65 bits per heavy atom. The fourth-order valence-electron chi connectivity index (χ4n) is 1.74. The van der Waals surface area contributed by atoms with Crippen LogP contribution in [0.1, 0.15) is 39.3 Å². The van der Waals surface area contributed by atoms with E-state index in [4.69, 9.17) is 45.7 Å². The number of alkyl halides is 2. The first kappa shape index (κ1) is 24.7. The van der Waals surface area contributed by atoms with Crippen LogP contribution in [0.3, 0.4) is 0 Å². The van der Waals surface area contributed by atoms with Gasteiger partial charge in [-0.1, -0.05) is 0 Å². The minimum atomic E-state index is -3.66. The molecule has 0 spiro atoms. The molecule has 3 unspecified atom stereocenters. The average Bonchev–Trinajstić information content (AvgIpc) is 3.08. The number of halogens is 2. The summed E-state index contributed by atoms with van der Waals surface area (Å²) in [5, 5.41) is -0.453. The summed E-state index contributed by atoms with van der Waals surface area (Å²) in [6.07, 6.45) is 1.46. The van der Waals surface area contributed by atoms with E-state index in [0.29, 0.717) is 5.76 Å². The van der Waals surface area contributed by atoms with Gasteiger partial charge >= 0.3 is 174 Å². The molecule has 0 fully saturated rings. The zero-order chi connectivity index (χ0) is 19.6. The van der Waals surface area contributed by atoms with E-state index in [1.165, 1.54) is 6.26 Å². The monoisotopic (exact) mass is 540 g/mol. The van der Waals surface area contributed by atoms with Gasteiger partial charge in [-0.25, -0.2) is 0 Å². The van der Waals surface area contributed by atoms with Crippen molar-refractivity contribution in [3.63, 3.8) is 0 Å². The van der Waals surface area contributed by atoms with Gasteiger partial charge in [-0.15, -0.1) is 0 Å². The minimum absolute atomic E-state index is 0.189. The SMILES string of the molecule is CCOP(=O)(OCC)C([O][Sb]([O]CC(C)Cl)[O]CC(C)Cl)c1ccco1. The van der Waals surface area contributed by atoms with Gasteiger partial charge in [0, 0.05) is 0 Å². The molecule has 1 rings (SSSR count). The van der Waals surface area contributed by atoms with Crippen molar-refractivity contribution in [3.05, 3.63) is 24.2 Å². The Kier molecular flexibility index (Phi) is 12.4. The van der Waals surface area contributed by atoms with Crippen molar-refractivity contribution >= 4 is 52.3 Å². The quantitative estimate of drug-likeness (QED) is 0.190. The van der Waals surface area contributed by atoms with Gasteiger partial charge in [0.1, 0.15) is 0 Å². The van der Waals surface area contributed by atoms with Gasteiger partial charge < -0.3 is 0 Å². The molecule has 11 heteroatoms. The molecule has 7 nitrogen and oxygen atoms in total. The van der Waals surface area contributed by atoms with Crippen molar-refractivity contribution in [1.82, 2.24) is 0 Å². The summed E-state index contributed by atoms with van der Waals surface area (Å²) >= 11 is 8.64. The molecule has 0 radical (unpaired) electrons. The van der Waals surface area contributed by atoms with Crippen LogP contribution in [-0.2, 0) is 22.7 Å². The van der Waals surface area contributed by atoms with Crippen LogP contribution in [0.25, 0.3) is 0 Å². The molecule has 0 bridgehead atoms. The molecule has 0 saturated heterocycles. The number of hydrogen-bond donors (Lipinski definition) is 0. The van der Waals surface area contributed by atoms with Crippen LogP contribution in [0.2, 0.25) is 0 Å². The van der Waals surface area contributed by atoms with Gasteiger partial charge in [-0.3, -0.25) is 0 Å². The summed E-state index contributed by atoms with van der Waals surface area (Å²) in [7, 11) is -3.66. The van der Waals surface area contributed by atoms with Gasteiger partial charge in [0.15, 0.2) is 0 Å². The van der Waals surface area contributed by atoms with Crippen molar-refractivity contribution in [3.8, 4) is 0 Å². The zero-order valence-electron chi connectivity index (χ0n) is 15.3. The zero-order valence-corrected chi connectivity index (χ0v) is 20.3. The van der Waals surface area contributed by atoms with Gasteiger partial charge in [-0.2, -0.15) is 0 Å². The number of furan rings is 1. The molecule has 0 aliphatic carbocycles. The molecule has 0 aliphatic heterocycles. The number of hydrogen-bond acceptors (Lipinski definition) is 7. The summed E-state index contributed by atoms with van der Waals surface area (Å²) in [5.41, 5.74) is 0. The summed E-state index contributed by atoms with van der Waals surface area (Å²) < 4.78 is 46.9. The Morgan fingerprint density at radius 1 is 1.12 bits per heavy atom. The molecule has 0 amide bonds.